The molecule has 23 heavy (non-hydrogen) atoms. The zero-order valence-electron chi connectivity index (χ0n) is 12.1. The van der Waals surface area contributed by atoms with Crippen molar-refractivity contribution in [3.05, 3.63) is 61.6 Å². The minimum atomic E-state index is -0.681. The largest absolute Gasteiger partial charge is 0.493 e. The Morgan fingerprint density at radius 1 is 1.09 bits per heavy atom. The quantitative estimate of drug-likeness (QED) is 0.457. The zero-order valence-corrected chi connectivity index (χ0v) is 13.6. The third-order valence-electron chi connectivity index (χ3n) is 3.13. The van der Waals surface area contributed by atoms with Crippen molar-refractivity contribution in [2.75, 3.05) is 14.2 Å². The number of ether oxygens (including phenoxy) is 2. The molecule has 0 aromatic heterocycles. The Kier molecular flexibility index (Phi) is 5.08. The van der Waals surface area contributed by atoms with E-state index in [4.69, 9.17) is 32.7 Å². The van der Waals surface area contributed by atoms with Crippen LogP contribution in [0.3, 0.4) is 0 Å². The van der Waals surface area contributed by atoms with Gasteiger partial charge in [0.05, 0.1) is 40.8 Å². The van der Waals surface area contributed by atoms with E-state index in [1.165, 1.54) is 32.4 Å². The molecular formula is C15H11Cl2NO5. The lowest BCUT2D eigenvalue weighted by Gasteiger charge is -2.11. The van der Waals surface area contributed by atoms with Crippen LogP contribution in [0.1, 0.15) is 15.9 Å². The van der Waals surface area contributed by atoms with Gasteiger partial charge in [0.2, 0.25) is 5.78 Å². The summed E-state index contributed by atoms with van der Waals surface area (Å²) in [6, 6.07) is 6.89. The molecule has 0 saturated carbocycles. The molecule has 0 aliphatic carbocycles. The van der Waals surface area contributed by atoms with Gasteiger partial charge in [-0.1, -0.05) is 29.3 Å². The van der Waals surface area contributed by atoms with E-state index in [1.807, 2.05) is 0 Å². The summed E-state index contributed by atoms with van der Waals surface area (Å²) in [6.45, 7) is 0. The molecule has 0 radical (unpaired) electrons. The summed E-state index contributed by atoms with van der Waals surface area (Å²) >= 11 is 12.0. The molecule has 0 atom stereocenters. The van der Waals surface area contributed by atoms with E-state index >= 15 is 0 Å². The Morgan fingerprint density at radius 2 is 1.61 bits per heavy atom. The lowest BCUT2D eigenvalue weighted by Crippen LogP contribution is -2.08. The van der Waals surface area contributed by atoms with Crippen LogP contribution in [-0.2, 0) is 0 Å². The van der Waals surface area contributed by atoms with Crippen LogP contribution in [0.4, 0.5) is 5.69 Å². The summed E-state index contributed by atoms with van der Waals surface area (Å²) in [6.07, 6.45) is 0. The number of rotatable bonds is 5. The standard InChI is InChI=1S/C15H11Cl2NO5/c1-22-12-6-8(11(18(20)21)7-13(12)23-2)15(19)14-9(16)4-3-5-10(14)17/h3-7H,1-2H3. The predicted molar refractivity (Wildman–Crippen MR) is 86.1 cm³/mol. The van der Waals surface area contributed by atoms with Crippen LogP contribution < -0.4 is 9.47 Å². The molecule has 2 aromatic carbocycles. The minimum absolute atomic E-state index is 0.00819. The molecule has 2 aromatic rings. The lowest BCUT2D eigenvalue weighted by molar-refractivity contribution is -0.385. The number of methoxy groups -OCH3 is 2. The number of hydrogen-bond acceptors (Lipinski definition) is 5. The topological polar surface area (TPSA) is 78.7 Å². The van der Waals surface area contributed by atoms with Crippen LogP contribution >= 0.6 is 23.2 Å². The van der Waals surface area contributed by atoms with E-state index in [0.29, 0.717) is 0 Å². The molecule has 8 heteroatoms. The van der Waals surface area contributed by atoms with Gasteiger partial charge in [0, 0.05) is 6.07 Å². The van der Waals surface area contributed by atoms with Crippen molar-refractivity contribution < 1.29 is 19.2 Å². The Morgan fingerprint density at radius 3 is 2.09 bits per heavy atom. The minimum Gasteiger partial charge on any atom is -0.493 e. The number of hydrogen-bond donors (Lipinski definition) is 0. The van der Waals surface area contributed by atoms with Gasteiger partial charge in [-0.2, -0.15) is 0 Å². The Hall–Kier alpha value is -2.31. The maximum Gasteiger partial charge on any atom is 0.284 e. The van der Waals surface area contributed by atoms with Crippen molar-refractivity contribution in [1.82, 2.24) is 0 Å². The molecule has 0 bridgehead atoms. The summed E-state index contributed by atoms with van der Waals surface area (Å²) in [5.41, 5.74) is -0.627. The van der Waals surface area contributed by atoms with Gasteiger partial charge in [-0.3, -0.25) is 14.9 Å². The van der Waals surface area contributed by atoms with Gasteiger partial charge in [-0.15, -0.1) is 0 Å². The van der Waals surface area contributed by atoms with Crippen LogP contribution in [0.5, 0.6) is 11.5 Å². The van der Waals surface area contributed by atoms with Crippen LogP contribution in [0.2, 0.25) is 10.0 Å². The molecule has 0 aliphatic heterocycles. The third kappa shape index (κ3) is 3.23. The monoisotopic (exact) mass is 355 g/mol. The number of ketones is 1. The van der Waals surface area contributed by atoms with E-state index in [2.05, 4.69) is 0 Å². The second-order valence-electron chi connectivity index (χ2n) is 4.41. The van der Waals surface area contributed by atoms with E-state index in [-0.39, 0.29) is 32.7 Å². The van der Waals surface area contributed by atoms with Crippen LogP contribution in [0.25, 0.3) is 0 Å². The first-order valence-electron chi connectivity index (χ1n) is 6.29. The first-order chi connectivity index (χ1) is 10.9. The molecular weight excluding hydrogens is 345 g/mol. The van der Waals surface area contributed by atoms with E-state index in [9.17, 15) is 14.9 Å². The maximum atomic E-state index is 12.7. The highest BCUT2D eigenvalue weighted by molar-refractivity contribution is 6.41. The fourth-order valence-corrected chi connectivity index (χ4v) is 2.62. The molecule has 2 rings (SSSR count). The van der Waals surface area contributed by atoms with Crippen molar-refractivity contribution in [3.8, 4) is 11.5 Å². The van der Waals surface area contributed by atoms with Crippen molar-refractivity contribution in [2.45, 2.75) is 0 Å². The molecule has 0 heterocycles. The van der Waals surface area contributed by atoms with Gasteiger partial charge in [0.15, 0.2) is 11.5 Å². The highest BCUT2D eigenvalue weighted by atomic mass is 35.5. The second kappa shape index (κ2) is 6.85. The summed E-state index contributed by atoms with van der Waals surface area (Å²) in [5.74, 6) is -0.348. The van der Waals surface area contributed by atoms with E-state index < -0.39 is 16.4 Å². The molecule has 0 fully saturated rings. The van der Waals surface area contributed by atoms with Crippen molar-refractivity contribution >= 4 is 34.7 Å². The number of benzene rings is 2. The van der Waals surface area contributed by atoms with E-state index in [0.717, 1.165) is 6.07 Å². The molecule has 6 nitrogen and oxygen atoms in total. The normalized spacial score (nSPS) is 10.3. The Bertz CT molecular complexity index is 771. The molecule has 0 spiro atoms. The summed E-state index contributed by atoms with van der Waals surface area (Å²) in [5, 5.41) is 11.5. The van der Waals surface area contributed by atoms with Gasteiger partial charge in [-0.25, -0.2) is 0 Å². The van der Waals surface area contributed by atoms with Crippen molar-refractivity contribution in [3.63, 3.8) is 0 Å². The molecule has 0 unspecified atom stereocenters. The summed E-state index contributed by atoms with van der Waals surface area (Å²) in [4.78, 5) is 23.3. The van der Waals surface area contributed by atoms with Crippen LogP contribution in [-0.4, -0.2) is 24.9 Å². The second-order valence-corrected chi connectivity index (χ2v) is 5.22. The molecule has 0 N–H and O–H groups in total. The number of nitro benzene ring substituents is 1. The number of carbonyl (C=O) groups is 1. The average Bonchev–Trinajstić information content (AvgIpc) is 2.52. The highest BCUT2D eigenvalue weighted by Gasteiger charge is 2.27. The Labute approximate surface area is 141 Å². The summed E-state index contributed by atoms with van der Waals surface area (Å²) < 4.78 is 10.1. The van der Waals surface area contributed by atoms with Gasteiger partial charge >= 0.3 is 0 Å². The van der Waals surface area contributed by atoms with E-state index in [1.54, 1.807) is 6.07 Å². The fraction of sp³-hybridized carbons (Fsp3) is 0.133. The number of halogens is 2. The maximum absolute atomic E-state index is 12.7. The average molecular weight is 356 g/mol. The third-order valence-corrected chi connectivity index (χ3v) is 3.76. The molecule has 0 amide bonds. The number of nitrogens with zero attached hydrogens (tertiary/aromatic N) is 1. The SMILES string of the molecule is COc1cc(C(=O)c2c(Cl)cccc2Cl)c([N+](=O)[O-])cc1OC. The van der Waals surface area contributed by atoms with Gasteiger partial charge in [0.1, 0.15) is 5.56 Å². The molecule has 0 saturated heterocycles. The van der Waals surface area contributed by atoms with Gasteiger partial charge in [0.25, 0.3) is 5.69 Å². The predicted octanol–water partition coefficient (Wildman–Crippen LogP) is 4.15. The van der Waals surface area contributed by atoms with Crippen LogP contribution in [0.15, 0.2) is 30.3 Å². The first kappa shape index (κ1) is 17.1. The Balaban J connectivity index is 2.71. The smallest absolute Gasteiger partial charge is 0.284 e. The van der Waals surface area contributed by atoms with Crippen LogP contribution in [0, 0.1) is 10.1 Å². The summed E-state index contributed by atoms with van der Waals surface area (Å²) in [7, 11) is 2.70. The lowest BCUT2D eigenvalue weighted by atomic mass is 10.0. The number of nitro groups is 1. The highest BCUT2D eigenvalue weighted by Crippen LogP contribution is 2.37. The zero-order chi connectivity index (χ0) is 17.1. The molecule has 120 valence electrons. The molecule has 0 aliphatic rings. The van der Waals surface area contributed by atoms with Crippen molar-refractivity contribution in [1.29, 1.82) is 0 Å². The number of carbonyl (C=O) groups excluding carboxylic acids is 1. The van der Waals surface area contributed by atoms with Gasteiger partial charge in [-0.05, 0) is 12.1 Å². The van der Waals surface area contributed by atoms with Gasteiger partial charge < -0.3 is 9.47 Å². The van der Waals surface area contributed by atoms with Crippen molar-refractivity contribution in [2.24, 2.45) is 0 Å². The first-order valence-corrected chi connectivity index (χ1v) is 7.05. The fourth-order valence-electron chi connectivity index (χ4n) is 2.05.